The van der Waals surface area contributed by atoms with E-state index in [1.54, 1.807) is 12.1 Å². The summed E-state index contributed by atoms with van der Waals surface area (Å²) in [4.78, 5) is 27.4. The Morgan fingerprint density at radius 3 is 2.22 bits per heavy atom. The highest BCUT2D eigenvalue weighted by Gasteiger charge is 2.30. The van der Waals surface area contributed by atoms with Crippen molar-refractivity contribution in [3.8, 4) is 11.5 Å². The molecule has 1 aliphatic rings. The molecule has 1 atom stereocenters. The van der Waals surface area contributed by atoms with Crippen molar-refractivity contribution in [2.75, 3.05) is 19.1 Å². The topological polar surface area (TPSA) is 79.9 Å². The molecule has 1 aliphatic carbocycles. The van der Waals surface area contributed by atoms with E-state index in [2.05, 4.69) is 10.7 Å². The molecule has 0 saturated heterocycles. The lowest BCUT2D eigenvalue weighted by Gasteiger charge is -2.31. The van der Waals surface area contributed by atoms with Gasteiger partial charge < -0.3 is 14.8 Å². The number of carbonyl (C=O) groups is 2. The smallest absolute Gasteiger partial charge is 0.263 e. The molecular weight excluding hydrogens is 514 g/mol. The molecule has 0 aromatic heterocycles. The predicted octanol–water partition coefficient (Wildman–Crippen LogP) is 6.84. The second-order valence-corrected chi connectivity index (χ2v) is 10.9. The Morgan fingerprint density at radius 1 is 0.951 bits per heavy atom. The fraction of sp³-hybridized carbons (Fsp3) is 0.412. The van der Waals surface area contributed by atoms with Gasteiger partial charge in [-0.15, -0.1) is 0 Å². The van der Waals surface area contributed by atoms with E-state index in [0.717, 1.165) is 46.7 Å². The lowest BCUT2D eigenvalue weighted by Crippen LogP contribution is -2.51. The van der Waals surface area contributed by atoms with Crippen molar-refractivity contribution in [1.29, 1.82) is 0 Å². The van der Waals surface area contributed by atoms with Crippen LogP contribution in [0.1, 0.15) is 72.5 Å². The zero-order valence-electron chi connectivity index (χ0n) is 24.7. The first kappa shape index (κ1) is 30.0. The molecular formula is C34H43N3O4. The standard InChI is InChI=1S/C34H43N3O4/c1-5-37(36-29-16-18-30(40-4)19-17-29)34(39)31(22-26-12-8-6-9-13-26)35-33(38)28-20-24(2)32(25(3)21-28)41-23-27-14-10-7-11-15-27/h7,10-11,14-21,26,31,36H,5-6,8-9,12-13,22-23H2,1-4H3,(H,35,38). The molecule has 218 valence electrons. The zero-order valence-corrected chi connectivity index (χ0v) is 24.7. The number of hydrazine groups is 1. The van der Waals surface area contributed by atoms with Gasteiger partial charge in [-0.2, -0.15) is 0 Å². The van der Waals surface area contributed by atoms with Gasteiger partial charge in [-0.1, -0.05) is 62.4 Å². The molecule has 3 aromatic carbocycles. The van der Waals surface area contributed by atoms with E-state index in [4.69, 9.17) is 9.47 Å². The Hall–Kier alpha value is -4.00. The SMILES string of the molecule is CCN(Nc1ccc(OC)cc1)C(=O)C(CC1CCCCC1)NC(=O)c1cc(C)c(OCc2ccccc2)c(C)c1. The van der Waals surface area contributed by atoms with Gasteiger partial charge >= 0.3 is 0 Å². The quantitative estimate of drug-likeness (QED) is 0.239. The summed E-state index contributed by atoms with van der Waals surface area (Å²) in [5.74, 6) is 1.55. The fourth-order valence-corrected chi connectivity index (χ4v) is 5.56. The molecule has 7 nitrogen and oxygen atoms in total. The van der Waals surface area contributed by atoms with Gasteiger partial charge in [0, 0.05) is 12.1 Å². The Labute approximate surface area is 244 Å². The van der Waals surface area contributed by atoms with E-state index in [1.165, 1.54) is 19.3 Å². The summed E-state index contributed by atoms with van der Waals surface area (Å²) in [5.41, 5.74) is 7.39. The zero-order chi connectivity index (χ0) is 29.2. The van der Waals surface area contributed by atoms with Gasteiger partial charge in [-0.25, -0.2) is 0 Å². The average molecular weight is 558 g/mol. The Morgan fingerprint density at radius 2 is 1.61 bits per heavy atom. The van der Waals surface area contributed by atoms with E-state index in [0.29, 0.717) is 31.1 Å². The van der Waals surface area contributed by atoms with Crippen LogP contribution >= 0.6 is 0 Å². The minimum absolute atomic E-state index is 0.140. The van der Waals surface area contributed by atoms with Gasteiger partial charge in [0.25, 0.3) is 11.8 Å². The Bertz CT molecular complexity index is 1260. The van der Waals surface area contributed by atoms with Crippen molar-refractivity contribution in [2.24, 2.45) is 5.92 Å². The summed E-state index contributed by atoms with van der Waals surface area (Å²) in [6.07, 6.45) is 6.38. The van der Waals surface area contributed by atoms with Crippen LogP contribution in [-0.4, -0.2) is 36.5 Å². The molecule has 41 heavy (non-hydrogen) atoms. The van der Waals surface area contributed by atoms with Gasteiger partial charge in [0.2, 0.25) is 0 Å². The largest absolute Gasteiger partial charge is 0.497 e. The number of hydrogen-bond donors (Lipinski definition) is 2. The molecule has 2 amide bonds. The number of likely N-dealkylation sites (N-methyl/N-ethyl adjacent to an activating group) is 1. The highest BCUT2D eigenvalue weighted by molar-refractivity contribution is 5.98. The molecule has 3 aromatic rings. The number of benzene rings is 3. The van der Waals surface area contributed by atoms with E-state index in [-0.39, 0.29) is 11.8 Å². The number of hydrogen-bond acceptors (Lipinski definition) is 5. The van der Waals surface area contributed by atoms with E-state index in [1.807, 2.05) is 87.5 Å². The third-order valence-corrected chi connectivity index (χ3v) is 7.78. The molecule has 7 heteroatoms. The predicted molar refractivity (Wildman–Crippen MR) is 163 cm³/mol. The maximum Gasteiger partial charge on any atom is 0.263 e. The summed E-state index contributed by atoms with van der Waals surface area (Å²) in [7, 11) is 1.62. The minimum Gasteiger partial charge on any atom is -0.497 e. The number of aryl methyl sites for hydroxylation is 2. The van der Waals surface area contributed by atoms with Crippen molar-refractivity contribution < 1.29 is 19.1 Å². The number of amides is 2. The lowest BCUT2D eigenvalue weighted by molar-refractivity contribution is -0.132. The van der Waals surface area contributed by atoms with E-state index in [9.17, 15) is 9.59 Å². The molecule has 1 saturated carbocycles. The van der Waals surface area contributed by atoms with Crippen molar-refractivity contribution in [3.05, 3.63) is 89.0 Å². The first-order valence-corrected chi connectivity index (χ1v) is 14.7. The van der Waals surface area contributed by atoms with E-state index >= 15 is 0 Å². The highest BCUT2D eigenvalue weighted by atomic mass is 16.5. The number of rotatable bonds is 12. The molecule has 0 spiro atoms. The van der Waals surface area contributed by atoms with Crippen molar-refractivity contribution >= 4 is 17.5 Å². The van der Waals surface area contributed by atoms with Gasteiger partial charge in [0.1, 0.15) is 24.1 Å². The number of methoxy groups -OCH3 is 1. The highest BCUT2D eigenvalue weighted by Crippen LogP contribution is 2.29. The van der Waals surface area contributed by atoms with Crippen molar-refractivity contribution in [3.63, 3.8) is 0 Å². The third-order valence-electron chi connectivity index (χ3n) is 7.78. The number of ether oxygens (including phenoxy) is 2. The summed E-state index contributed by atoms with van der Waals surface area (Å²) < 4.78 is 11.4. The second kappa shape index (κ2) is 14.6. The minimum atomic E-state index is -0.633. The first-order valence-electron chi connectivity index (χ1n) is 14.7. The molecule has 0 heterocycles. The molecule has 0 aliphatic heterocycles. The van der Waals surface area contributed by atoms with Gasteiger partial charge in [0.05, 0.1) is 12.8 Å². The molecule has 0 radical (unpaired) electrons. The number of anilines is 1. The summed E-state index contributed by atoms with van der Waals surface area (Å²) in [5, 5.41) is 4.69. The average Bonchev–Trinajstić information content (AvgIpc) is 3.00. The van der Waals surface area contributed by atoms with Crippen molar-refractivity contribution in [2.45, 2.75) is 71.9 Å². The molecule has 1 unspecified atom stereocenters. The normalized spacial score (nSPS) is 14.1. The van der Waals surface area contributed by atoms with Gasteiger partial charge in [-0.3, -0.25) is 20.0 Å². The summed E-state index contributed by atoms with van der Waals surface area (Å²) in [6, 6.07) is 20.5. The maximum absolute atomic E-state index is 13.9. The number of nitrogens with one attached hydrogen (secondary N) is 2. The molecule has 0 bridgehead atoms. The van der Waals surface area contributed by atoms with Crippen LogP contribution in [-0.2, 0) is 11.4 Å². The Balaban J connectivity index is 1.49. The Kier molecular flexibility index (Phi) is 10.7. The summed E-state index contributed by atoms with van der Waals surface area (Å²) >= 11 is 0. The first-order chi connectivity index (χ1) is 19.9. The van der Waals surface area contributed by atoms with Crippen LogP contribution in [0.5, 0.6) is 11.5 Å². The monoisotopic (exact) mass is 557 g/mol. The molecule has 2 N–H and O–H groups in total. The van der Waals surface area contributed by atoms with Crippen LogP contribution in [0, 0.1) is 19.8 Å². The van der Waals surface area contributed by atoms with Crippen LogP contribution < -0.4 is 20.2 Å². The fourth-order valence-electron chi connectivity index (χ4n) is 5.56. The van der Waals surface area contributed by atoms with Crippen LogP contribution in [0.3, 0.4) is 0 Å². The van der Waals surface area contributed by atoms with Gasteiger partial charge in [0.15, 0.2) is 0 Å². The van der Waals surface area contributed by atoms with Crippen molar-refractivity contribution in [1.82, 2.24) is 10.3 Å². The van der Waals surface area contributed by atoms with Crippen LogP contribution in [0.2, 0.25) is 0 Å². The second-order valence-electron chi connectivity index (χ2n) is 10.9. The molecule has 4 rings (SSSR count). The third kappa shape index (κ3) is 8.26. The van der Waals surface area contributed by atoms with E-state index < -0.39 is 6.04 Å². The van der Waals surface area contributed by atoms with Crippen LogP contribution in [0.25, 0.3) is 0 Å². The molecule has 1 fully saturated rings. The van der Waals surface area contributed by atoms with Crippen LogP contribution in [0.4, 0.5) is 5.69 Å². The van der Waals surface area contributed by atoms with Crippen LogP contribution in [0.15, 0.2) is 66.7 Å². The number of nitrogens with zero attached hydrogens (tertiary/aromatic N) is 1. The maximum atomic E-state index is 13.9. The lowest BCUT2D eigenvalue weighted by atomic mass is 9.84. The summed E-state index contributed by atoms with van der Waals surface area (Å²) in [6.45, 7) is 6.74. The van der Waals surface area contributed by atoms with Gasteiger partial charge in [-0.05, 0) is 86.2 Å². The number of carbonyl (C=O) groups excluding carboxylic acids is 2.